The lowest BCUT2D eigenvalue weighted by molar-refractivity contribution is -0.116. The molecule has 2 rings (SSSR count). The summed E-state index contributed by atoms with van der Waals surface area (Å²) in [5.41, 5.74) is 0.0704. The van der Waals surface area contributed by atoms with E-state index in [9.17, 15) is 23.2 Å². The molecule has 0 fully saturated rings. The highest BCUT2D eigenvalue weighted by Crippen LogP contribution is 2.35. The van der Waals surface area contributed by atoms with Crippen LogP contribution in [0.3, 0.4) is 0 Å². The van der Waals surface area contributed by atoms with Gasteiger partial charge in [-0.3, -0.25) is 14.3 Å². The van der Waals surface area contributed by atoms with Crippen molar-refractivity contribution in [2.45, 2.75) is 40.2 Å². The van der Waals surface area contributed by atoms with E-state index in [1.165, 1.54) is 11.8 Å². The summed E-state index contributed by atoms with van der Waals surface area (Å²) in [5.74, 6) is -1.62. The molecular weight excluding hydrogens is 454 g/mol. The topological polar surface area (TPSA) is 93.5 Å². The molecule has 2 amide bonds. The second-order valence-electron chi connectivity index (χ2n) is 6.89. The minimum Gasteiger partial charge on any atom is -0.462 e. The molecule has 0 saturated carbocycles. The van der Waals surface area contributed by atoms with Gasteiger partial charge in [0.15, 0.2) is 0 Å². The van der Waals surface area contributed by atoms with Crippen molar-refractivity contribution < 1.29 is 27.9 Å². The number of carbonyl (C=O) groups is 3. The minimum atomic E-state index is -2.88. The van der Waals surface area contributed by atoms with Crippen LogP contribution in [0.4, 0.5) is 13.8 Å². The van der Waals surface area contributed by atoms with Crippen molar-refractivity contribution in [2.75, 3.05) is 26.0 Å². The van der Waals surface area contributed by atoms with Gasteiger partial charge in [-0.1, -0.05) is 18.5 Å². The molecular formula is C19H23ClF2N4O4S. The van der Waals surface area contributed by atoms with Gasteiger partial charge in [-0.15, -0.1) is 11.3 Å². The summed E-state index contributed by atoms with van der Waals surface area (Å²) in [5, 5.41) is 6.19. The van der Waals surface area contributed by atoms with Crippen LogP contribution in [-0.2, 0) is 16.1 Å². The van der Waals surface area contributed by atoms with Crippen molar-refractivity contribution in [3.05, 3.63) is 32.4 Å². The smallest absolute Gasteiger partial charge is 0.341 e. The average molecular weight is 477 g/mol. The van der Waals surface area contributed by atoms with E-state index in [2.05, 4.69) is 10.4 Å². The van der Waals surface area contributed by atoms with Crippen LogP contribution in [0.25, 0.3) is 0 Å². The average Bonchev–Trinajstić information content (AvgIpc) is 3.16. The predicted octanol–water partition coefficient (Wildman–Crippen LogP) is 4.06. The minimum absolute atomic E-state index is 0.0838. The molecule has 2 aromatic heterocycles. The van der Waals surface area contributed by atoms with Gasteiger partial charge >= 0.3 is 5.97 Å². The number of ether oxygens (including phenoxy) is 1. The summed E-state index contributed by atoms with van der Waals surface area (Å²) < 4.78 is 32.2. The van der Waals surface area contributed by atoms with Crippen LogP contribution in [-0.4, -0.2) is 53.2 Å². The first-order valence-electron chi connectivity index (χ1n) is 9.32. The predicted molar refractivity (Wildman–Crippen MR) is 113 cm³/mol. The summed E-state index contributed by atoms with van der Waals surface area (Å²) in [6, 6.07) is 0. The molecule has 31 heavy (non-hydrogen) atoms. The Morgan fingerprint density at radius 2 is 1.94 bits per heavy atom. The van der Waals surface area contributed by atoms with Crippen molar-refractivity contribution in [1.29, 1.82) is 0 Å². The van der Waals surface area contributed by atoms with Gasteiger partial charge in [0.25, 0.3) is 12.3 Å². The Morgan fingerprint density at radius 1 is 1.29 bits per heavy atom. The van der Waals surface area contributed by atoms with E-state index in [4.69, 9.17) is 16.3 Å². The van der Waals surface area contributed by atoms with E-state index in [-0.39, 0.29) is 38.7 Å². The molecule has 0 spiro atoms. The third-order valence-electron chi connectivity index (χ3n) is 4.30. The lowest BCUT2D eigenvalue weighted by atomic mass is 10.1. The highest BCUT2D eigenvalue weighted by molar-refractivity contribution is 7.18. The molecule has 12 heteroatoms. The Hall–Kier alpha value is -2.53. The maximum atomic E-state index is 13.0. The zero-order valence-electron chi connectivity index (χ0n) is 17.7. The number of alkyl halides is 2. The third-order valence-corrected chi connectivity index (χ3v) is 5.96. The monoisotopic (exact) mass is 476 g/mol. The Bertz CT molecular complexity index is 1000. The lowest BCUT2D eigenvalue weighted by Gasteiger charge is -2.09. The van der Waals surface area contributed by atoms with Crippen molar-refractivity contribution >= 4 is 45.7 Å². The number of aromatic nitrogens is 2. The summed E-state index contributed by atoms with van der Waals surface area (Å²) in [6.07, 6.45) is -2.28. The number of rotatable bonds is 8. The van der Waals surface area contributed by atoms with Gasteiger partial charge in [0.1, 0.15) is 17.2 Å². The molecule has 1 N–H and O–H groups in total. The SMILES string of the molecule is CCCOC(=O)c1c(NC(=O)Cn2nc(C(F)F)c(Cl)c2C)sc(C(=O)N(C)C)c1C. The highest BCUT2D eigenvalue weighted by atomic mass is 35.5. The van der Waals surface area contributed by atoms with Crippen molar-refractivity contribution in [3.8, 4) is 0 Å². The molecule has 2 heterocycles. The number of anilines is 1. The van der Waals surface area contributed by atoms with E-state index >= 15 is 0 Å². The van der Waals surface area contributed by atoms with Crippen LogP contribution in [0.15, 0.2) is 0 Å². The largest absolute Gasteiger partial charge is 0.462 e. The van der Waals surface area contributed by atoms with Gasteiger partial charge in [-0.05, 0) is 25.8 Å². The number of amides is 2. The lowest BCUT2D eigenvalue weighted by Crippen LogP contribution is -2.21. The summed E-state index contributed by atoms with van der Waals surface area (Å²) in [7, 11) is 3.14. The highest BCUT2D eigenvalue weighted by Gasteiger charge is 2.28. The summed E-state index contributed by atoms with van der Waals surface area (Å²) in [6.45, 7) is 4.67. The molecule has 8 nitrogen and oxygen atoms in total. The quantitative estimate of drug-likeness (QED) is 0.580. The van der Waals surface area contributed by atoms with Crippen molar-refractivity contribution in [2.24, 2.45) is 0 Å². The van der Waals surface area contributed by atoms with Crippen LogP contribution in [0, 0.1) is 13.8 Å². The number of halogens is 3. The number of thiophene rings is 1. The maximum Gasteiger partial charge on any atom is 0.341 e. The molecule has 0 aliphatic rings. The fraction of sp³-hybridized carbons (Fsp3) is 0.474. The molecule has 170 valence electrons. The molecule has 0 bridgehead atoms. The first kappa shape index (κ1) is 24.7. The number of esters is 1. The first-order chi connectivity index (χ1) is 14.5. The Balaban J connectivity index is 2.35. The Labute approximate surface area is 187 Å². The van der Waals surface area contributed by atoms with Gasteiger partial charge < -0.3 is 15.0 Å². The number of nitrogens with zero attached hydrogens (tertiary/aromatic N) is 3. The van der Waals surface area contributed by atoms with E-state index in [1.54, 1.807) is 21.0 Å². The van der Waals surface area contributed by atoms with E-state index in [0.29, 0.717) is 12.0 Å². The summed E-state index contributed by atoms with van der Waals surface area (Å²) in [4.78, 5) is 39.3. The fourth-order valence-electron chi connectivity index (χ4n) is 2.66. The van der Waals surface area contributed by atoms with Crippen molar-refractivity contribution in [3.63, 3.8) is 0 Å². The molecule has 0 aliphatic carbocycles. The third kappa shape index (κ3) is 5.40. The maximum absolute atomic E-state index is 13.0. The van der Waals surface area contributed by atoms with E-state index in [0.717, 1.165) is 16.0 Å². The molecule has 0 radical (unpaired) electrons. The second kappa shape index (κ2) is 10.2. The summed E-state index contributed by atoms with van der Waals surface area (Å²) >= 11 is 6.80. The second-order valence-corrected chi connectivity index (χ2v) is 8.29. The zero-order valence-corrected chi connectivity index (χ0v) is 19.3. The number of carbonyl (C=O) groups excluding carboxylic acids is 3. The van der Waals surface area contributed by atoms with E-state index < -0.39 is 30.5 Å². The van der Waals surface area contributed by atoms with Gasteiger partial charge in [-0.2, -0.15) is 5.10 Å². The van der Waals surface area contributed by atoms with Crippen LogP contribution in [0.5, 0.6) is 0 Å². The molecule has 0 atom stereocenters. The molecule has 0 aliphatic heterocycles. The number of hydrogen-bond acceptors (Lipinski definition) is 6. The van der Waals surface area contributed by atoms with Gasteiger partial charge in [0.05, 0.1) is 27.8 Å². The van der Waals surface area contributed by atoms with Crippen molar-refractivity contribution in [1.82, 2.24) is 14.7 Å². The molecule has 0 saturated heterocycles. The Morgan fingerprint density at radius 3 is 2.45 bits per heavy atom. The van der Waals surface area contributed by atoms with Crippen LogP contribution in [0.1, 0.15) is 56.8 Å². The molecule has 0 aromatic carbocycles. The fourth-order valence-corrected chi connectivity index (χ4v) is 4.11. The molecule has 2 aromatic rings. The van der Waals surface area contributed by atoms with Crippen LogP contribution in [0.2, 0.25) is 5.02 Å². The number of hydrogen-bond donors (Lipinski definition) is 1. The van der Waals surface area contributed by atoms with E-state index in [1.807, 2.05) is 6.92 Å². The normalized spacial score (nSPS) is 11.0. The Kier molecular flexibility index (Phi) is 8.13. The standard InChI is InChI=1S/C19H23ClF2N4O4S/c1-6-7-30-19(29)12-9(2)15(18(28)25(4)5)31-17(12)23-11(27)8-26-10(3)13(20)14(24-26)16(21)22/h16H,6-8H2,1-5H3,(H,23,27). The van der Waals surface area contributed by atoms with Gasteiger partial charge in [-0.25, -0.2) is 13.6 Å². The zero-order chi connectivity index (χ0) is 23.5. The number of nitrogens with one attached hydrogen (secondary N) is 1. The first-order valence-corrected chi connectivity index (χ1v) is 10.5. The molecule has 0 unspecified atom stereocenters. The van der Waals surface area contributed by atoms with Crippen LogP contribution < -0.4 is 5.32 Å². The van der Waals surface area contributed by atoms with Gasteiger partial charge in [0.2, 0.25) is 5.91 Å². The van der Waals surface area contributed by atoms with Gasteiger partial charge in [0, 0.05) is 14.1 Å². The van der Waals surface area contributed by atoms with Crippen LogP contribution >= 0.6 is 22.9 Å².